The second-order valence-corrected chi connectivity index (χ2v) is 7.17. The Morgan fingerprint density at radius 3 is 2.27 bits per heavy atom. The van der Waals surface area contributed by atoms with E-state index in [1.54, 1.807) is 6.07 Å². The number of rotatable bonds is 4. The summed E-state index contributed by atoms with van der Waals surface area (Å²) in [4.78, 5) is 16.0. The van der Waals surface area contributed by atoms with Gasteiger partial charge in [0.1, 0.15) is 5.15 Å². The van der Waals surface area contributed by atoms with Crippen LogP contribution in [0.4, 0.5) is 5.69 Å². The van der Waals surface area contributed by atoms with Crippen LogP contribution in [-0.2, 0) is 10.0 Å². The van der Waals surface area contributed by atoms with Gasteiger partial charge in [0.25, 0.3) is 5.91 Å². The lowest BCUT2D eigenvalue weighted by Gasteiger charge is -2.12. The van der Waals surface area contributed by atoms with E-state index < -0.39 is 10.0 Å². The number of pyridine rings is 1. The zero-order valence-corrected chi connectivity index (χ0v) is 13.5. The molecule has 1 amide bonds. The Morgan fingerprint density at radius 2 is 1.77 bits per heavy atom. The molecule has 0 fully saturated rings. The van der Waals surface area contributed by atoms with E-state index in [2.05, 4.69) is 10.3 Å². The molecular weight excluding hydrogens is 326 g/mol. The fraction of sp³-hybridized carbons (Fsp3) is 0.143. The van der Waals surface area contributed by atoms with Gasteiger partial charge in [-0.25, -0.2) is 17.7 Å². The first kappa shape index (κ1) is 16.4. The molecule has 0 unspecified atom stereocenters. The molecule has 0 bridgehead atoms. The SMILES string of the molecule is CN(C)S(=O)(=O)c1ccc(NC(=O)c2ccc(Cl)nc2)cc1. The second kappa shape index (κ2) is 6.43. The molecule has 2 rings (SSSR count). The van der Waals surface area contributed by atoms with Gasteiger partial charge >= 0.3 is 0 Å². The monoisotopic (exact) mass is 339 g/mol. The molecule has 6 nitrogen and oxygen atoms in total. The average molecular weight is 340 g/mol. The lowest BCUT2D eigenvalue weighted by atomic mass is 10.2. The minimum absolute atomic E-state index is 0.156. The Hall–Kier alpha value is -1.96. The molecule has 0 aliphatic rings. The van der Waals surface area contributed by atoms with Gasteiger partial charge in [0.15, 0.2) is 0 Å². The summed E-state index contributed by atoms with van der Waals surface area (Å²) >= 11 is 5.66. The maximum absolute atomic E-state index is 12.0. The molecule has 0 spiro atoms. The molecule has 0 saturated heterocycles. The molecule has 0 saturated carbocycles. The normalized spacial score (nSPS) is 11.5. The van der Waals surface area contributed by atoms with Crippen molar-refractivity contribution in [2.75, 3.05) is 19.4 Å². The molecule has 1 aromatic heterocycles. The van der Waals surface area contributed by atoms with Crippen molar-refractivity contribution < 1.29 is 13.2 Å². The third-order valence-electron chi connectivity index (χ3n) is 2.88. The van der Waals surface area contributed by atoms with Crippen LogP contribution in [-0.4, -0.2) is 37.7 Å². The van der Waals surface area contributed by atoms with Gasteiger partial charge in [-0.2, -0.15) is 0 Å². The lowest BCUT2D eigenvalue weighted by Crippen LogP contribution is -2.22. The number of hydrogen-bond acceptors (Lipinski definition) is 4. The first-order valence-corrected chi connectivity index (χ1v) is 8.08. The maximum atomic E-state index is 12.0. The van der Waals surface area contributed by atoms with Crippen molar-refractivity contribution in [1.82, 2.24) is 9.29 Å². The highest BCUT2D eigenvalue weighted by atomic mass is 35.5. The average Bonchev–Trinajstić information content (AvgIpc) is 2.48. The number of sulfonamides is 1. The van der Waals surface area contributed by atoms with Crippen LogP contribution >= 0.6 is 11.6 Å². The van der Waals surface area contributed by atoms with Crippen LogP contribution in [0, 0.1) is 0 Å². The quantitative estimate of drug-likeness (QED) is 0.866. The van der Waals surface area contributed by atoms with Gasteiger partial charge < -0.3 is 5.32 Å². The number of amides is 1. The zero-order chi connectivity index (χ0) is 16.3. The Kier molecular flexibility index (Phi) is 4.80. The predicted octanol–water partition coefficient (Wildman–Crippen LogP) is 2.24. The molecule has 0 radical (unpaired) electrons. The van der Waals surface area contributed by atoms with Gasteiger partial charge in [-0.3, -0.25) is 4.79 Å². The fourth-order valence-corrected chi connectivity index (χ4v) is 2.65. The molecule has 2 aromatic rings. The molecule has 1 heterocycles. The number of benzene rings is 1. The number of halogens is 1. The summed E-state index contributed by atoms with van der Waals surface area (Å²) < 4.78 is 25.0. The topological polar surface area (TPSA) is 79.4 Å². The van der Waals surface area contributed by atoms with Crippen LogP contribution in [0.5, 0.6) is 0 Å². The van der Waals surface area contributed by atoms with Crippen molar-refractivity contribution in [2.24, 2.45) is 0 Å². The van der Waals surface area contributed by atoms with Gasteiger partial charge in [0, 0.05) is 26.0 Å². The van der Waals surface area contributed by atoms with Gasteiger partial charge in [-0.05, 0) is 36.4 Å². The van der Waals surface area contributed by atoms with E-state index in [4.69, 9.17) is 11.6 Å². The smallest absolute Gasteiger partial charge is 0.257 e. The standard InChI is InChI=1S/C14H14ClN3O3S/c1-18(2)22(20,21)12-6-4-11(5-7-12)17-14(19)10-3-8-13(15)16-9-10/h3-9H,1-2H3,(H,17,19). The molecular formula is C14H14ClN3O3S. The van der Waals surface area contributed by atoms with Crippen LogP contribution in [0.1, 0.15) is 10.4 Å². The lowest BCUT2D eigenvalue weighted by molar-refractivity contribution is 0.102. The number of carbonyl (C=O) groups is 1. The van der Waals surface area contributed by atoms with Crippen molar-refractivity contribution in [3.8, 4) is 0 Å². The molecule has 0 atom stereocenters. The van der Waals surface area contributed by atoms with E-state index >= 15 is 0 Å². The van der Waals surface area contributed by atoms with E-state index in [9.17, 15) is 13.2 Å². The van der Waals surface area contributed by atoms with E-state index in [1.165, 1.54) is 50.6 Å². The number of hydrogen-bond donors (Lipinski definition) is 1. The van der Waals surface area contributed by atoms with E-state index in [1.807, 2.05) is 0 Å². The van der Waals surface area contributed by atoms with Crippen LogP contribution < -0.4 is 5.32 Å². The third kappa shape index (κ3) is 3.62. The highest BCUT2D eigenvalue weighted by molar-refractivity contribution is 7.89. The molecule has 22 heavy (non-hydrogen) atoms. The van der Waals surface area contributed by atoms with Gasteiger partial charge in [0.2, 0.25) is 10.0 Å². The van der Waals surface area contributed by atoms with E-state index in [0.717, 1.165) is 4.31 Å². The molecule has 1 aromatic carbocycles. The summed E-state index contributed by atoms with van der Waals surface area (Å²) in [6.07, 6.45) is 1.36. The third-order valence-corrected chi connectivity index (χ3v) is 4.93. The highest BCUT2D eigenvalue weighted by Gasteiger charge is 2.16. The first-order chi connectivity index (χ1) is 10.3. The number of nitrogens with zero attached hydrogens (tertiary/aromatic N) is 2. The fourth-order valence-electron chi connectivity index (χ4n) is 1.63. The minimum atomic E-state index is -3.48. The number of anilines is 1. The Balaban J connectivity index is 2.15. The van der Waals surface area contributed by atoms with E-state index in [0.29, 0.717) is 16.4 Å². The van der Waals surface area contributed by atoms with E-state index in [-0.39, 0.29) is 10.8 Å². The van der Waals surface area contributed by atoms with Crippen molar-refractivity contribution in [1.29, 1.82) is 0 Å². The highest BCUT2D eigenvalue weighted by Crippen LogP contribution is 2.17. The van der Waals surface area contributed by atoms with Crippen molar-refractivity contribution >= 4 is 33.2 Å². The molecule has 1 N–H and O–H groups in total. The first-order valence-electron chi connectivity index (χ1n) is 6.26. The minimum Gasteiger partial charge on any atom is -0.322 e. The summed E-state index contributed by atoms with van der Waals surface area (Å²) in [6, 6.07) is 8.99. The Morgan fingerprint density at radius 1 is 1.14 bits per heavy atom. The van der Waals surface area contributed by atoms with Crippen molar-refractivity contribution in [3.05, 3.63) is 53.3 Å². The molecule has 8 heteroatoms. The van der Waals surface area contributed by atoms with Crippen LogP contribution in [0.15, 0.2) is 47.5 Å². The summed E-state index contributed by atoms with van der Waals surface area (Å²) in [7, 11) is -0.569. The van der Waals surface area contributed by atoms with Crippen LogP contribution in [0.3, 0.4) is 0 Å². The maximum Gasteiger partial charge on any atom is 0.257 e. The van der Waals surface area contributed by atoms with Crippen molar-refractivity contribution in [3.63, 3.8) is 0 Å². The largest absolute Gasteiger partial charge is 0.322 e. The predicted molar refractivity (Wildman–Crippen MR) is 84.5 cm³/mol. The second-order valence-electron chi connectivity index (χ2n) is 4.64. The Labute approximate surface area is 133 Å². The zero-order valence-electron chi connectivity index (χ0n) is 11.9. The number of nitrogens with one attached hydrogen (secondary N) is 1. The van der Waals surface area contributed by atoms with Crippen LogP contribution in [0.2, 0.25) is 5.15 Å². The molecule has 0 aliphatic carbocycles. The van der Waals surface area contributed by atoms with Gasteiger partial charge in [0.05, 0.1) is 10.5 Å². The molecule has 116 valence electrons. The summed E-state index contributed by atoms with van der Waals surface area (Å²) in [5, 5.41) is 2.96. The van der Waals surface area contributed by atoms with Crippen molar-refractivity contribution in [2.45, 2.75) is 4.90 Å². The van der Waals surface area contributed by atoms with Crippen LogP contribution in [0.25, 0.3) is 0 Å². The van der Waals surface area contributed by atoms with Gasteiger partial charge in [-0.1, -0.05) is 11.6 Å². The summed E-state index contributed by atoms with van der Waals surface area (Å²) in [5.74, 6) is -0.354. The summed E-state index contributed by atoms with van der Waals surface area (Å²) in [6.45, 7) is 0. The Bertz CT molecular complexity index is 772. The van der Waals surface area contributed by atoms with Gasteiger partial charge in [-0.15, -0.1) is 0 Å². The number of carbonyl (C=O) groups excluding carboxylic acids is 1. The summed E-state index contributed by atoms with van der Waals surface area (Å²) in [5.41, 5.74) is 0.840. The molecule has 0 aliphatic heterocycles. The number of aromatic nitrogens is 1.